The Morgan fingerprint density at radius 2 is 2.27 bits per heavy atom. The van der Waals surface area contributed by atoms with Gasteiger partial charge in [0.1, 0.15) is 5.82 Å². The Balaban J connectivity index is 3.01. The lowest BCUT2D eigenvalue weighted by atomic mass is 10.1. The molecule has 0 unspecified atom stereocenters. The molecule has 0 aliphatic carbocycles. The van der Waals surface area contributed by atoms with Gasteiger partial charge < -0.3 is 11.5 Å². The molecule has 0 atom stereocenters. The molecule has 0 fully saturated rings. The highest BCUT2D eigenvalue weighted by Gasteiger charge is 1.96. The molecule has 11 heavy (non-hydrogen) atoms. The predicted molar refractivity (Wildman–Crippen MR) is 47.0 cm³/mol. The van der Waals surface area contributed by atoms with Gasteiger partial charge in [-0.3, -0.25) is 0 Å². The quantitative estimate of drug-likeness (QED) is 0.616. The van der Waals surface area contributed by atoms with Crippen molar-refractivity contribution in [3.05, 3.63) is 30.5 Å². The van der Waals surface area contributed by atoms with Crippen LogP contribution in [0.1, 0.15) is 5.56 Å². The fourth-order valence-electron chi connectivity index (χ4n) is 0.858. The molecule has 0 bridgehead atoms. The molecule has 0 aromatic carbocycles. The predicted octanol–water partition coefficient (Wildman–Crippen LogP) is 0.974. The van der Waals surface area contributed by atoms with Crippen LogP contribution in [0.15, 0.2) is 24.9 Å². The molecule has 0 saturated carbocycles. The average Bonchev–Trinajstić information content (AvgIpc) is 1.98. The molecule has 0 spiro atoms. The number of anilines is 2. The van der Waals surface area contributed by atoms with Crippen LogP contribution in [0, 0.1) is 0 Å². The van der Waals surface area contributed by atoms with Crippen molar-refractivity contribution < 1.29 is 0 Å². The van der Waals surface area contributed by atoms with Crippen molar-refractivity contribution in [3.8, 4) is 0 Å². The lowest BCUT2D eigenvalue weighted by Gasteiger charge is -2.01. The number of nitrogen functional groups attached to an aromatic ring is 2. The fourth-order valence-corrected chi connectivity index (χ4v) is 0.858. The third-order valence-corrected chi connectivity index (χ3v) is 1.41. The van der Waals surface area contributed by atoms with Crippen LogP contribution in [0.3, 0.4) is 0 Å². The summed E-state index contributed by atoms with van der Waals surface area (Å²) >= 11 is 0. The van der Waals surface area contributed by atoms with E-state index in [2.05, 4.69) is 11.6 Å². The number of allylic oxidation sites excluding steroid dienone is 1. The van der Waals surface area contributed by atoms with Gasteiger partial charge in [0.15, 0.2) is 0 Å². The normalized spacial score (nSPS) is 9.45. The van der Waals surface area contributed by atoms with E-state index in [1.54, 1.807) is 18.3 Å². The Bertz CT molecular complexity index is 268. The summed E-state index contributed by atoms with van der Waals surface area (Å²) in [6.07, 6.45) is 4.08. The van der Waals surface area contributed by atoms with Crippen LogP contribution in [0.25, 0.3) is 0 Å². The minimum absolute atomic E-state index is 0.496. The van der Waals surface area contributed by atoms with E-state index in [9.17, 15) is 0 Å². The third-order valence-electron chi connectivity index (χ3n) is 1.41. The van der Waals surface area contributed by atoms with E-state index in [1.165, 1.54) is 0 Å². The standard InChI is InChI=1S/C8H11N3/c1-2-3-6-4-8(10)11-5-7(6)9/h2,4-5H,1,3,9H2,(H2,10,11). The number of pyridine rings is 1. The summed E-state index contributed by atoms with van der Waals surface area (Å²) < 4.78 is 0. The highest BCUT2D eigenvalue weighted by atomic mass is 14.8. The third kappa shape index (κ3) is 1.70. The molecule has 0 saturated heterocycles. The highest BCUT2D eigenvalue weighted by Crippen LogP contribution is 2.13. The van der Waals surface area contributed by atoms with Gasteiger partial charge in [-0.1, -0.05) is 6.08 Å². The minimum Gasteiger partial charge on any atom is -0.397 e. The van der Waals surface area contributed by atoms with Crippen LogP contribution >= 0.6 is 0 Å². The van der Waals surface area contributed by atoms with Gasteiger partial charge in [0.05, 0.1) is 11.9 Å². The molecule has 0 aliphatic rings. The van der Waals surface area contributed by atoms with Crippen LogP contribution in [0.4, 0.5) is 11.5 Å². The molecule has 0 radical (unpaired) electrons. The lowest BCUT2D eigenvalue weighted by molar-refractivity contribution is 1.23. The van der Waals surface area contributed by atoms with Gasteiger partial charge in [-0.2, -0.15) is 0 Å². The van der Waals surface area contributed by atoms with E-state index in [-0.39, 0.29) is 0 Å². The van der Waals surface area contributed by atoms with Crippen LogP contribution in [0.5, 0.6) is 0 Å². The van der Waals surface area contributed by atoms with Crippen LogP contribution in [-0.4, -0.2) is 4.98 Å². The number of nitrogens with two attached hydrogens (primary N) is 2. The van der Waals surface area contributed by atoms with Crippen LogP contribution in [0.2, 0.25) is 0 Å². The zero-order valence-corrected chi connectivity index (χ0v) is 6.25. The van der Waals surface area contributed by atoms with E-state index in [0.717, 1.165) is 12.0 Å². The molecule has 0 aliphatic heterocycles. The van der Waals surface area contributed by atoms with Crippen LogP contribution < -0.4 is 11.5 Å². The summed E-state index contributed by atoms with van der Waals surface area (Å²) in [7, 11) is 0. The number of hydrogen-bond acceptors (Lipinski definition) is 3. The second kappa shape index (κ2) is 3.05. The molecule has 1 heterocycles. The zero-order chi connectivity index (χ0) is 8.27. The van der Waals surface area contributed by atoms with Crippen LogP contribution in [-0.2, 0) is 6.42 Å². The summed E-state index contributed by atoms with van der Waals surface area (Å²) in [6.45, 7) is 3.61. The Kier molecular flexibility index (Phi) is 2.11. The number of aromatic nitrogens is 1. The Morgan fingerprint density at radius 3 is 2.91 bits per heavy atom. The van der Waals surface area contributed by atoms with Crippen molar-refractivity contribution in [3.63, 3.8) is 0 Å². The summed E-state index contributed by atoms with van der Waals surface area (Å²) in [5.74, 6) is 0.496. The first-order chi connectivity index (χ1) is 5.24. The smallest absolute Gasteiger partial charge is 0.123 e. The molecule has 3 nitrogen and oxygen atoms in total. The Morgan fingerprint density at radius 1 is 1.55 bits per heavy atom. The molecular formula is C8H11N3. The summed E-state index contributed by atoms with van der Waals surface area (Å²) in [6, 6.07) is 1.76. The van der Waals surface area contributed by atoms with E-state index >= 15 is 0 Å². The van der Waals surface area contributed by atoms with E-state index < -0.39 is 0 Å². The molecule has 1 aromatic rings. The summed E-state index contributed by atoms with van der Waals surface area (Å²) in [5, 5.41) is 0. The Hall–Kier alpha value is -1.51. The number of rotatable bonds is 2. The second-order valence-electron chi connectivity index (χ2n) is 2.30. The van der Waals surface area contributed by atoms with Gasteiger partial charge in [0.2, 0.25) is 0 Å². The fraction of sp³-hybridized carbons (Fsp3) is 0.125. The first-order valence-electron chi connectivity index (χ1n) is 3.35. The van der Waals surface area contributed by atoms with Crippen molar-refractivity contribution in [1.29, 1.82) is 0 Å². The first-order valence-corrected chi connectivity index (χ1v) is 3.35. The highest BCUT2D eigenvalue weighted by molar-refractivity contribution is 5.50. The van der Waals surface area contributed by atoms with Gasteiger partial charge in [-0.05, 0) is 18.1 Å². The lowest BCUT2D eigenvalue weighted by Crippen LogP contribution is -1.97. The summed E-state index contributed by atoms with van der Waals surface area (Å²) in [4.78, 5) is 3.84. The minimum atomic E-state index is 0.496. The molecule has 0 amide bonds. The molecule has 1 rings (SSSR count). The maximum atomic E-state index is 5.61. The largest absolute Gasteiger partial charge is 0.397 e. The second-order valence-corrected chi connectivity index (χ2v) is 2.30. The van der Waals surface area contributed by atoms with E-state index in [1.807, 2.05) is 0 Å². The van der Waals surface area contributed by atoms with Gasteiger partial charge in [0.25, 0.3) is 0 Å². The maximum Gasteiger partial charge on any atom is 0.123 e. The first kappa shape index (κ1) is 7.60. The Labute approximate surface area is 65.7 Å². The average molecular weight is 149 g/mol. The van der Waals surface area contributed by atoms with Gasteiger partial charge >= 0.3 is 0 Å². The summed E-state index contributed by atoms with van der Waals surface area (Å²) in [5.41, 5.74) is 12.7. The maximum absolute atomic E-state index is 5.61. The zero-order valence-electron chi connectivity index (χ0n) is 6.25. The van der Waals surface area contributed by atoms with Crippen molar-refractivity contribution in [2.45, 2.75) is 6.42 Å². The molecule has 58 valence electrons. The van der Waals surface area contributed by atoms with Gasteiger partial charge in [-0.15, -0.1) is 6.58 Å². The van der Waals surface area contributed by atoms with Gasteiger partial charge in [0, 0.05) is 0 Å². The van der Waals surface area contributed by atoms with Crippen molar-refractivity contribution in [2.75, 3.05) is 11.5 Å². The molecule has 4 N–H and O–H groups in total. The topological polar surface area (TPSA) is 64.9 Å². The van der Waals surface area contributed by atoms with E-state index in [0.29, 0.717) is 11.5 Å². The van der Waals surface area contributed by atoms with Gasteiger partial charge in [-0.25, -0.2) is 4.98 Å². The van der Waals surface area contributed by atoms with Crippen molar-refractivity contribution >= 4 is 11.5 Å². The van der Waals surface area contributed by atoms with Crippen molar-refractivity contribution in [2.24, 2.45) is 0 Å². The SMILES string of the molecule is C=CCc1cc(N)ncc1N. The number of nitrogens with zero attached hydrogens (tertiary/aromatic N) is 1. The molecule has 1 aromatic heterocycles. The van der Waals surface area contributed by atoms with E-state index in [4.69, 9.17) is 11.5 Å². The molecule has 3 heteroatoms. The molecular weight excluding hydrogens is 138 g/mol. The monoisotopic (exact) mass is 149 g/mol. The number of hydrogen-bond donors (Lipinski definition) is 2. The van der Waals surface area contributed by atoms with Crippen molar-refractivity contribution in [1.82, 2.24) is 4.98 Å².